The van der Waals surface area contributed by atoms with Crippen molar-refractivity contribution in [1.29, 1.82) is 0 Å². The summed E-state index contributed by atoms with van der Waals surface area (Å²) in [5, 5.41) is 8.78. The summed E-state index contributed by atoms with van der Waals surface area (Å²) >= 11 is 0. The van der Waals surface area contributed by atoms with E-state index in [1.807, 2.05) is 0 Å². The summed E-state index contributed by atoms with van der Waals surface area (Å²) in [4.78, 5) is 11.9. The Hall–Kier alpha value is -0.830. The van der Waals surface area contributed by atoms with Crippen LogP contribution in [0.2, 0.25) is 0 Å². The molecule has 0 aliphatic rings. The molecule has 0 spiro atoms. The number of aliphatic hydroxyl groups is 1. The second-order valence-corrected chi connectivity index (χ2v) is 11.9. The number of rotatable bonds is 33. The van der Waals surface area contributed by atoms with Gasteiger partial charge in [-0.1, -0.05) is 160 Å². The lowest BCUT2D eigenvalue weighted by atomic mass is 10.0. The zero-order chi connectivity index (χ0) is 28.3. The third-order valence-electron chi connectivity index (χ3n) is 7.96. The number of hydrogen-bond donors (Lipinski definition) is 1. The largest absolute Gasteiger partial charge is 0.466 e. The Morgan fingerprint density at radius 3 is 1.28 bits per heavy atom. The standard InChI is InChI=1S/C36H70O3/c1-2-3-4-5-6-7-8-15-18-21-24-27-30-33-36(38)39-35-32-29-26-23-20-17-14-12-10-9-11-13-16-19-22-25-28-31-34-37/h7-8,37H,2-6,9-35H2,1H3/b8-7-. The first-order valence-electron chi connectivity index (χ1n) is 17.7. The average Bonchev–Trinajstić information content (AvgIpc) is 2.94. The first-order chi connectivity index (χ1) is 19.3. The van der Waals surface area contributed by atoms with Crippen molar-refractivity contribution in [3.63, 3.8) is 0 Å². The van der Waals surface area contributed by atoms with E-state index in [1.165, 1.54) is 161 Å². The predicted molar refractivity (Wildman–Crippen MR) is 171 cm³/mol. The number of esters is 1. The van der Waals surface area contributed by atoms with Crippen LogP contribution >= 0.6 is 0 Å². The van der Waals surface area contributed by atoms with Gasteiger partial charge in [-0.15, -0.1) is 0 Å². The fourth-order valence-electron chi connectivity index (χ4n) is 5.29. The molecule has 1 N–H and O–H groups in total. The van der Waals surface area contributed by atoms with Crippen molar-refractivity contribution in [2.24, 2.45) is 0 Å². The minimum Gasteiger partial charge on any atom is -0.466 e. The molecule has 0 saturated heterocycles. The summed E-state index contributed by atoms with van der Waals surface area (Å²) in [6.07, 6.45) is 42.8. The number of ether oxygens (including phenoxy) is 1. The van der Waals surface area contributed by atoms with Crippen molar-refractivity contribution in [3.05, 3.63) is 12.2 Å². The highest BCUT2D eigenvalue weighted by Gasteiger charge is 2.02. The molecule has 0 fully saturated rings. The van der Waals surface area contributed by atoms with Crippen molar-refractivity contribution < 1.29 is 14.6 Å². The molecule has 3 heteroatoms. The highest BCUT2D eigenvalue weighted by Crippen LogP contribution is 2.15. The van der Waals surface area contributed by atoms with Crippen LogP contribution in [0, 0.1) is 0 Å². The molecule has 0 unspecified atom stereocenters. The maximum Gasteiger partial charge on any atom is 0.305 e. The first kappa shape index (κ1) is 38.2. The Labute approximate surface area is 245 Å². The Balaban J connectivity index is 3.17. The van der Waals surface area contributed by atoms with E-state index in [-0.39, 0.29) is 5.97 Å². The molecule has 0 aliphatic heterocycles. The summed E-state index contributed by atoms with van der Waals surface area (Å²) in [6.45, 7) is 3.24. The molecule has 3 nitrogen and oxygen atoms in total. The Bertz CT molecular complexity index is 488. The molecule has 0 radical (unpaired) electrons. The van der Waals surface area contributed by atoms with Gasteiger partial charge in [0.05, 0.1) is 6.61 Å². The van der Waals surface area contributed by atoms with Crippen LogP contribution in [0.5, 0.6) is 0 Å². The normalized spacial score (nSPS) is 11.5. The first-order valence-corrected chi connectivity index (χ1v) is 17.7. The van der Waals surface area contributed by atoms with Gasteiger partial charge >= 0.3 is 5.97 Å². The molecule has 0 aromatic carbocycles. The van der Waals surface area contributed by atoms with Gasteiger partial charge in [0.15, 0.2) is 0 Å². The monoisotopic (exact) mass is 551 g/mol. The van der Waals surface area contributed by atoms with Gasteiger partial charge in [0.25, 0.3) is 0 Å². The van der Waals surface area contributed by atoms with E-state index in [0.717, 1.165) is 25.7 Å². The van der Waals surface area contributed by atoms with E-state index in [4.69, 9.17) is 9.84 Å². The van der Waals surface area contributed by atoms with Gasteiger partial charge in [-0.2, -0.15) is 0 Å². The predicted octanol–water partition coefficient (Wildman–Crippen LogP) is 11.8. The molecule has 0 aromatic heterocycles. The molecule has 0 rings (SSSR count). The topological polar surface area (TPSA) is 46.5 Å². The van der Waals surface area contributed by atoms with Crippen LogP contribution in [-0.2, 0) is 9.53 Å². The smallest absolute Gasteiger partial charge is 0.305 e. The molecule has 0 heterocycles. The van der Waals surface area contributed by atoms with Crippen molar-refractivity contribution in [2.45, 2.75) is 200 Å². The lowest BCUT2D eigenvalue weighted by Crippen LogP contribution is -2.05. The van der Waals surface area contributed by atoms with E-state index in [2.05, 4.69) is 19.1 Å². The maximum absolute atomic E-state index is 11.9. The van der Waals surface area contributed by atoms with Crippen LogP contribution in [0.3, 0.4) is 0 Å². The molecule has 0 aliphatic carbocycles. The van der Waals surface area contributed by atoms with Crippen molar-refractivity contribution in [2.75, 3.05) is 13.2 Å². The van der Waals surface area contributed by atoms with Gasteiger partial charge < -0.3 is 9.84 Å². The van der Waals surface area contributed by atoms with E-state index in [1.54, 1.807) is 0 Å². The Morgan fingerprint density at radius 1 is 0.487 bits per heavy atom. The molecule has 0 saturated carbocycles. The minimum atomic E-state index is 0.00949. The van der Waals surface area contributed by atoms with Crippen LogP contribution in [0.25, 0.3) is 0 Å². The van der Waals surface area contributed by atoms with E-state index < -0.39 is 0 Å². The highest BCUT2D eigenvalue weighted by atomic mass is 16.5. The van der Waals surface area contributed by atoms with Gasteiger partial charge in [0, 0.05) is 13.0 Å². The maximum atomic E-state index is 11.9. The zero-order valence-electron chi connectivity index (χ0n) is 26.5. The quantitative estimate of drug-likeness (QED) is 0.0502. The lowest BCUT2D eigenvalue weighted by Gasteiger charge is -2.06. The van der Waals surface area contributed by atoms with Crippen LogP contribution in [0.15, 0.2) is 12.2 Å². The summed E-state index contributed by atoms with van der Waals surface area (Å²) < 4.78 is 5.43. The van der Waals surface area contributed by atoms with Crippen molar-refractivity contribution >= 4 is 5.97 Å². The fraction of sp³-hybridized carbons (Fsp3) is 0.917. The Morgan fingerprint density at radius 2 is 0.846 bits per heavy atom. The molecule has 0 atom stereocenters. The third kappa shape index (κ3) is 35.1. The molecule has 0 amide bonds. The lowest BCUT2D eigenvalue weighted by molar-refractivity contribution is -0.143. The zero-order valence-corrected chi connectivity index (χ0v) is 26.5. The van der Waals surface area contributed by atoms with Gasteiger partial charge in [-0.25, -0.2) is 0 Å². The molecule has 0 bridgehead atoms. The molecular formula is C36H70O3. The van der Waals surface area contributed by atoms with Crippen LogP contribution in [-0.4, -0.2) is 24.3 Å². The number of carbonyl (C=O) groups is 1. The van der Waals surface area contributed by atoms with Crippen LogP contribution < -0.4 is 0 Å². The molecular weight excluding hydrogens is 480 g/mol. The summed E-state index contributed by atoms with van der Waals surface area (Å²) in [6, 6.07) is 0. The second-order valence-electron chi connectivity index (χ2n) is 11.9. The van der Waals surface area contributed by atoms with Crippen molar-refractivity contribution in [1.82, 2.24) is 0 Å². The Kier molecular flexibility index (Phi) is 34.4. The third-order valence-corrected chi connectivity index (χ3v) is 7.96. The van der Waals surface area contributed by atoms with Crippen molar-refractivity contribution in [3.8, 4) is 0 Å². The number of allylic oxidation sites excluding steroid dienone is 2. The molecule has 0 aromatic rings. The van der Waals surface area contributed by atoms with Gasteiger partial charge in [-0.05, 0) is 44.9 Å². The number of carbonyl (C=O) groups excluding carboxylic acids is 1. The van der Waals surface area contributed by atoms with Gasteiger partial charge in [-0.3, -0.25) is 4.79 Å². The number of hydrogen-bond acceptors (Lipinski definition) is 3. The summed E-state index contributed by atoms with van der Waals surface area (Å²) in [5.41, 5.74) is 0. The second kappa shape index (κ2) is 35.2. The molecule has 232 valence electrons. The minimum absolute atomic E-state index is 0.00949. The van der Waals surface area contributed by atoms with Gasteiger partial charge in [0.2, 0.25) is 0 Å². The van der Waals surface area contributed by atoms with E-state index >= 15 is 0 Å². The van der Waals surface area contributed by atoms with Crippen LogP contribution in [0.1, 0.15) is 200 Å². The number of aliphatic hydroxyl groups excluding tert-OH is 1. The summed E-state index contributed by atoms with van der Waals surface area (Å²) in [5.74, 6) is 0.00949. The van der Waals surface area contributed by atoms with E-state index in [0.29, 0.717) is 19.6 Å². The van der Waals surface area contributed by atoms with E-state index in [9.17, 15) is 4.79 Å². The highest BCUT2D eigenvalue weighted by molar-refractivity contribution is 5.69. The summed E-state index contributed by atoms with van der Waals surface area (Å²) in [7, 11) is 0. The average molecular weight is 551 g/mol. The van der Waals surface area contributed by atoms with Gasteiger partial charge in [0.1, 0.15) is 0 Å². The fourth-order valence-corrected chi connectivity index (χ4v) is 5.29. The molecule has 39 heavy (non-hydrogen) atoms. The number of unbranched alkanes of at least 4 members (excludes halogenated alkanes) is 26. The van der Waals surface area contributed by atoms with Crippen LogP contribution in [0.4, 0.5) is 0 Å². The SMILES string of the molecule is CCCCCC/C=C\CCCCCCCC(=O)OCCCCCCCCCCCCCCCCCCCCO.